The van der Waals surface area contributed by atoms with E-state index >= 15 is 0 Å². The molecule has 3 aromatic rings. The molecule has 0 aliphatic carbocycles. The lowest BCUT2D eigenvalue weighted by Gasteiger charge is -2.07. The Morgan fingerprint density at radius 3 is 1.93 bits per heavy atom. The minimum absolute atomic E-state index is 0.138. The zero-order valence-corrected chi connectivity index (χ0v) is 16.4. The topological polar surface area (TPSA) is 69.8 Å². The Hall–Kier alpha value is -3.41. The van der Waals surface area contributed by atoms with Crippen molar-refractivity contribution in [3.63, 3.8) is 0 Å². The SMILES string of the molecule is COC(=O)Cc1[nH]c(-c2cc(OC)cc(OC)c2)cc1-c1ccc(OC)cc1. The minimum atomic E-state index is -0.314. The molecule has 0 atom stereocenters. The number of carbonyl (C=O) groups excluding carboxylic acids is 1. The molecule has 0 aliphatic heterocycles. The molecule has 2 aromatic carbocycles. The third-order valence-electron chi connectivity index (χ3n) is 4.51. The summed E-state index contributed by atoms with van der Waals surface area (Å²) in [4.78, 5) is 15.3. The molecule has 146 valence electrons. The first-order chi connectivity index (χ1) is 13.6. The monoisotopic (exact) mass is 381 g/mol. The zero-order chi connectivity index (χ0) is 20.1. The molecule has 1 N–H and O–H groups in total. The fraction of sp³-hybridized carbons (Fsp3) is 0.227. The third-order valence-corrected chi connectivity index (χ3v) is 4.51. The van der Waals surface area contributed by atoms with Gasteiger partial charge in [-0.2, -0.15) is 0 Å². The van der Waals surface area contributed by atoms with Crippen LogP contribution in [0.25, 0.3) is 22.4 Å². The van der Waals surface area contributed by atoms with Crippen LogP contribution in [0, 0.1) is 0 Å². The second kappa shape index (κ2) is 8.52. The Morgan fingerprint density at radius 1 is 0.786 bits per heavy atom. The van der Waals surface area contributed by atoms with Gasteiger partial charge in [-0.05, 0) is 35.9 Å². The van der Waals surface area contributed by atoms with Crippen LogP contribution >= 0.6 is 0 Å². The molecular formula is C22H23NO5. The summed E-state index contributed by atoms with van der Waals surface area (Å²) in [7, 11) is 6.23. The number of nitrogens with one attached hydrogen (secondary N) is 1. The van der Waals surface area contributed by atoms with Crippen molar-refractivity contribution in [2.24, 2.45) is 0 Å². The van der Waals surface area contributed by atoms with Crippen molar-refractivity contribution in [2.45, 2.75) is 6.42 Å². The molecule has 0 saturated carbocycles. The fourth-order valence-electron chi connectivity index (χ4n) is 3.00. The van der Waals surface area contributed by atoms with Crippen molar-refractivity contribution >= 4 is 5.97 Å². The van der Waals surface area contributed by atoms with Crippen LogP contribution in [-0.2, 0) is 16.0 Å². The number of methoxy groups -OCH3 is 4. The summed E-state index contributed by atoms with van der Waals surface area (Å²) in [6.07, 6.45) is 0.138. The van der Waals surface area contributed by atoms with Gasteiger partial charge in [0, 0.05) is 28.6 Å². The molecular weight excluding hydrogens is 358 g/mol. The Bertz CT molecular complexity index is 937. The van der Waals surface area contributed by atoms with Crippen molar-refractivity contribution in [1.29, 1.82) is 0 Å². The first kappa shape index (κ1) is 19.4. The van der Waals surface area contributed by atoms with Crippen LogP contribution in [-0.4, -0.2) is 39.4 Å². The van der Waals surface area contributed by atoms with E-state index in [2.05, 4.69) is 4.98 Å². The van der Waals surface area contributed by atoms with Crippen molar-refractivity contribution in [3.8, 4) is 39.6 Å². The molecule has 0 fully saturated rings. The second-order valence-corrected chi connectivity index (χ2v) is 6.16. The van der Waals surface area contributed by atoms with Crippen molar-refractivity contribution in [3.05, 3.63) is 54.2 Å². The fourth-order valence-corrected chi connectivity index (χ4v) is 3.00. The van der Waals surface area contributed by atoms with Gasteiger partial charge in [-0.15, -0.1) is 0 Å². The first-order valence-corrected chi connectivity index (χ1v) is 8.74. The Morgan fingerprint density at radius 2 is 1.39 bits per heavy atom. The smallest absolute Gasteiger partial charge is 0.311 e. The van der Waals surface area contributed by atoms with Gasteiger partial charge in [0.15, 0.2) is 0 Å². The van der Waals surface area contributed by atoms with E-state index in [0.29, 0.717) is 11.5 Å². The van der Waals surface area contributed by atoms with E-state index in [1.165, 1.54) is 7.11 Å². The van der Waals surface area contributed by atoms with Gasteiger partial charge in [0.05, 0.1) is 34.9 Å². The minimum Gasteiger partial charge on any atom is -0.497 e. The van der Waals surface area contributed by atoms with E-state index in [1.807, 2.05) is 48.5 Å². The molecule has 3 rings (SSSR count). The molecule has 1 aromatic heterocycles. The predicted octanol–water partition coefficient (Wildman–Crippen LogP) is 4.09. The number of hydrogen-bond donors (Lipinski definition) is 1. The zero-order valence-electron chi connectivity index (χ0n) is 16.4. The maximum absolute atomic E-state index is 11.9. The first-order valence-electron chi connectivity index (χ1n) is 8.74. The molecule has 0 aliphatic rings. The van der Waals surface area contributed by atoms with Gasteiger partial charge < -0.3 is 23.9 Å². The van der Waals surface area contributed by atoms with Crippen LogP contribution in [0.5, 0.6) is 17.2 Å². The number of rotatable bonds is 7. The van der Waals surface area contributed by atoms with Crippen LogP contribution in [0.15, 0.2) is 48.5 Å². The highest BCUT2D eigenvalue weighted by atomic mass is 16.5. The highest BCUT2D eigenvalue weighted by Gasteiger charge is 2.16. The standard InChI is InChI=1S/C22H23NO5/c1-25-16-7-5-14(6-8-16)19-12-20(23-21(19)13-22(24)28-4)15-9-17(26-2)11-18(10-15)27-3/h5-12,23H,13H2,1-4H3. The largest absolute Gasteiger partial charge is 0.497 e. The van der Waals surface area contributed by atoms with Gasteiger partial charge >= 0.3 is 5.97 Å². The second-order valence-electron chi connectivity index (χ2n) is 6.16. The summed E-state index contributed by atoms with van der Waals surface area (Å²) in [5, 5.41) is 0. The van der Waals surface area contributed by atoms with E-state index in [-0.39, 0.29) is 12.4 Å². The maximum Gasteiger partial charge on any atom is 0.311 e. The molecule has 0 radical (unpaired) electrons. The summed E-state index contributed by atoms with van der Waals surface area (Å²) in [5.74, 6) is 1.83. The summed E-state index contributed by atoms with van der Waals surface area (Å²) in [5.41, 5.74) is 4.40. The summed E-state index contributed by atoms with van der Waals surface area (Å²) < 4.78 is 20.8. The number of benzene rings is 2. The molecule has 6 nitrogen and oxygen atoms in total. The van der Waals surface area contributed by atoms with Gasteiger partial charge in [0.25, 0.3) is 0 Å². The Balaban J connectivity index is 2.09. The number of H-pyrrole nitrogens is 1. The quantitative estimate of drug-likeness (QED) is 0.624. The molecule has 0 unspecified atom stereocenters. The number of ether oxygens (including phenoxy) is 4. The number of aromatic amines is 1. The lowest BCUT2D eigenvalue weighted by atomic mass is 10.0. The van der Waals surface area contributed by atoms with Gasteiger partial charge in [-0.1, -0.05) is 12.1 Å². The van der Waals surface area contributed by atoms with Crippen LogP contribution in [0.1, 0.15) is 5.69 Å². The maximum atomic E-state index is 11.9. The van der Waals surface area contributed by atoms with Crippen LogP contribution in [0.2, 0.25) is 0 Å². The van der Waals surface area contributed by atoms with Gasteiger partial charge in [-0.3, -0.25) is 4.79 Å². The Kier molecular flexibility index (Phi) is 5.89. The molecule has 0 saturated heterocycles. The van der Waals surface area contributed by atoms with Crippen molar-refractivity contribution < 1.29 is 23.7 Å². The number of carbonyl (C=O) groups is 1. The normalized spacial score (nSPS) is 10.4. The molecule has 28 heavy (non-hydrogen) atoms. The van der Waals surface area contributed by atoms with E-state index < -0.39 is 0 Å². The molecule has 0 amide bonds. The van der Waals surface area contributed by atoms with Crippen LogP contribution < -0.4 is 14.2 Å². The van der Waals surface area contributed by atoms with Gasteiger partial charge in [0.2, 0.25) is 0 Å². The van der Waals surface area contributed by atoms with Crippen LogP contribution in [0.4, 0.5) is 0 Å². The number of esters is 1. The van der Waals surface area contributed by atoms with E-state index in [4.69, 9.17) is 18.9 Å². The number of aromatic nitrogens is 1. The number of hydrogen-bond acceptors (Lipinski definition) is 5. The molecule has 0 bridgehead atoms. The third kappa shape index (κ3) is 4.11. The average Bonchev–Trinajstić information content (AvgIpc) is 3.16. The van der Waals surface area contributed by atoms with E-state index in [9.17, 15) is 4.79 Å². The summed E-state index contributed by atoms with van der Waals surface area (Å²) >= 11 is 0. The lowest BCUT2D eigenvalue weighted by Crippen LogP contribution is -2.05. The highest BCUT2D eigenvalue weighted by molar-refractivity contribution is 5.81. The van der Waals surface area contributed by atoms with Gasteiger partial charge in [0.1, 0.15) is 17.2 Å². The van der Waals surface area contributed by atoms with Crippen molar-refractivity contribution in [1.82, 2.24) is 4.98 Å². The Labute approximate surface area is 164 Å². The highest BCUT2D eigenvalue weighted by Crippen LogP contribution is 2.34. The molecule has 0 spiro atoms. The summed E-state index contributed by atoms with van der Waals surface area (Å²) in [6.45, 7) is 0. The predicted molar refractivity (Wildman–Crippen MR) is 107 cm³/mol. The van der Waals surface area contributed by atoms with E-state index in [0.717, 1.165) is 33.8 Å². The average molecular weight is 381 g/mol. The molecule has 1 heterocycles. The van der Waals surface area contributed by atoms with Crippen LogP contribution in [0.3, 0.4) is 0 Å². The summed E-state index contributed by atoms with van der Waals surface area (Å²) in [6, 6.07) is 15.3. The lowest BCUT2D eigenvalue weighted by molar-refractivity contribution is -0.139. The van der Waals surface area contributed by atoms with E-state index in [1.54, 1.807) is 21.3 Å². The molecule has 6 heteroatoms. The van der Waals surface area contributed by atoms with Crippen molar-refractivity contribution in [2.75, 3.05) is 28.4 Å². The van der Waals surface area contributed by atoms with Gasteiger partial charge in [-0.25, -0.2) is 0 Å².